The van der Waals surface area contributed by atoms with E-state index in [0.717, 1.165) is 0 Å². The Labute approximate surface area is 130 Å². The molecule has 1 aromatic carbocycles. The van der Waals surface area contributed by atoms with Crippen molar-refractivity contribution < 1.29 is 33.8 Å². The zero-order valence-corrected chi connectivity index (χ0v) is 12.0. The molecule has 0 unspecified atom stereocenters. The van der Waals surface area contributed by atoms with Gasteiger partial charge in [0.2, 0.25) is 11.8 Å². The third-order valence-electron chi connectivity index (χ3n) is 3.01. The first-order valence-corrected chi connectivity index (χ1v) is 6.56. The highest BCUT2D eigenvalue weighted by molar-refractivity contribution is 6.30. The average molecular weight is 320 g/mol. The maximum Gasteiger partial charge on any atom is 0.425 e. The molecule has 9 heteroatoms. The molecule has 1 heterocycles. The minimum Gasteiger partial charge on any atom is -0.478 e. The largest absolute Gasteiger partial charge is 0.478 e. The number of aromatic carboxylic acids is 1. The molecule has 0 atom stereocenters. The lowest BCUT2D eigenvalue weighted by Crippen LogP contribution is -2.57. The number of carbonyl (C=O) groups is 5. The third kappa shape index (κ3) is 3.03. The van der Waals surface area contributed by atoms with Crippen molar-refractivity contribution in [2.75, 3.05) is 11.5 Å². The maximum atomic E-state index is 12.3. The monoisotopic (exact) mass is 320 g/mol. The topological polar surface area (TPSA) is 121 Å². The summed E-state index contributed by atoms with van der Waals surface area (Å²) in [5, 5.41) is 8.84. The fourth-order valence-electron chi connectivity index (χ4n) is 1.98. The Hall–Kier alpha value is -3.23. The normalized spacial score (nSPS) is 14.9. The van der Waals surface area contributed by atoms with Gasteiger partial charge in [0.1, 0.15) is 6.42 Å². The number of ether oxygens (including phenoxy) is 1. The summed E-state index contributed by atoms with van der Waals surface area (Å²) >= 11 is 0. The van der Waals surface area contributed by atoms with Crippen molar-refractivity contribution in [3.8, 4) is 0 Å². The van der Waals surface area contributed by atoms with Gasteiger partial charge < -0.3 is 9.84 Å². The summed E-state index contributed by atoms with van der Waals surface area (Å²) in [6.07, 6.45) is -1.84. The minimum atomic E-state index is -1.17. The van der Waals surface area contributed by atoms with Gasteiger partial charge in [0.05, 0.1) is 17.9 Å². The predicted molar refractivity (Wildman–Crippen MR) is 74.8 cm³/mol. The van der Waals surface area contributed by atoms with Gasteiger partial charge in [0, 0.05) is 0 Å². The summed E-state index contributed by atoms with van der Waals surface area (Å²) in [4.78, 5) is 59.3. The van der Waals surface area contributed by atoms with E-state index < -0.39 is 36.3 Å². The Balaban J connectivity index is 2.34. The molecule has 1 aromatic rings. The van der Waals surface area contributed by atoms with E-state index in [0.29, 0.717) is 4.90 Å². The third-order valence-corrected chi connectivity index (χ3v) is 3.01. The Morgan fingerprint density at radius 2 is 1.74 bits per heavy atom. The summed E-state index contributed by atoms with van der Waals surface area (Å²) in [6.45, 7) is 1.46. The molecule has 9 nitrogen and oxygen atoms in total. The van der Waals surface area contributed by atoms with Crippen molar-refractivity contribution in [3.63, 3.8) is 0 Å². The van der Waals surface area contributed by atoms with Crippen molar-refractivity contribution in [2.45, 2.75) is 13.3 Å². The first kappa shape index (κ1) is 16.1. The number of imide groups is 4. The highest BCUT2D eigenvalue weighted by Crippen LogP contribution is 2.23. The highest BCUT2D eigenvalue weighted by atomic mass is 16.6. The molecule has 0 radical (unpaired) electrons. The SMILES string of the molecule is CCOC(=O)N1C(=O)CC(=O)N(c2ccc(C(=O)O)cc2)C1=O. The summed E-state index contributed by atoms with van der Waals surface area (Å²) in [7, 11) is 0. The Morgan fingerprint density at radius 1 is 1.13 bits per heavy atom. The summed E-state index contributed by atoms with van der Waals surface area (Å²) in [6, 6.07) is 3.71. The first-order valence-electron chi connectivity index (χ1n) is 6.56. The van der Waals surface area contributed by atoms with Gasteiger partial charge in [-0.15, -0.1) is 0 Å². The molecule has 1 aliphatic rings. The molecule has 0 aromatic heterocycles. The van der Waals surface area contributed by atoms with Crippen molar-refractivity contribution in [1.82, 2.24) is 4.90 Å². The first-order chi connectivity index (χ1) is 10.9. The molecular formula is C14H12N2O7. The van der Waals surface area contributed by atoms with Crippen LogP contribution in [0, 0.1) is 0 Å². The molecule has 1 fully saturated rings. The lowest BCUT2D eigenvalue weighted by molar-refractivity contribution is -0.133. The molecule has 1 aliphatic heterocycles. The Kier molecular flexibility index (Phi) is 4.39. The van der Waals surface area contributed by atoms with Crippen LogP contribution in [-0.2, 0) is 14.3 Å². The van der Waals surface area contributed by atoms with Crippen LogP contribution in [0.3, 0.4) is 0 Å². The Bertz CT molecular complexity index is 696. The minimum absolute atomic E-state index is 0.0380. The number of carboxylic acid groups (broad SMARTS) is 1. The summed E-state index contributed by atoms with van der Waals surface area (Å²) in [5.41, 5.74) is 0.00998. The van der Waals surface area contributed by atoms with Gasteiger partial charge in [-0.1, -0.05) is 0 Å². The van der Waals surface area contributed by atoms with E-state index >= 15 is 0 Å². The number of barbiturate groups is 1. The predicted octanol–water partition coefficient (Wildman–Crippen LogP) is 1.23. The maximum absolute atomic E-state index is 12.3. The number of carbonyl (C=O) groups excluding carboxylic acids is 4. The molecular weight excluding hydrogens is 308 g/mol. The van der Waals surface area contributed by atoms with Crippen LogP contribution in [0.2, 0.25) is 0 Å². The van der Waals surface area contributed by atoms with Gasteiger partial charge in [-0.05, 0) is 31.2 Å². The second-order valence-electron chi connectivity index (χ2n) is 4.47. The zero-order chi connectivity index (χ0) is 17.1. The van der Waals surface area contributed by atoms with Gasteiger partial charge in [0.15, 0.2) is 0 Å². The molecule has 5 amide bonds. The molecule has 1 N–H and O–H groups in total. The molecule has 0 aliphatic carbocycles. The number of rotatable bonds is 3. The molecule has 120 valence electrons. The van der Waals surface area contributed by atoms with Crippen molar-refractivity contribution in [2.24, 2.45) is 0 Å². The number of benzene rings is 1. The summed E-state index contributed by atoms with van der Waals surface area (Å²) < 4.78 is 4.62. The molecule has 0 spiro atoms. The van der Waals surface area contributed by atoms with E-state index in [2.05, 4.69) is 4.74 Å². The molecule has 0 saturated carbocycles. The van der Waals surface area contributed by atoms with E-state index in [-0.39, 0.29) is 22.8 Å². The molecule has 2 rings (SSSR count). The van der Waals surface area contributed by atoms with Gasteiger partial charge in [0.25, 0.3) is 0 Å². The van der Waals surface area contributed by atoms with Gasteiger partial charge in [-0.2, -0.15) is 4.90 Å². The standard InChI is InChI=1S/C14H12N2O7/c1-2-23-14(22)16-11(18)7-10(17)15(13(16)21)9-5-3-8(4-6-9)12(19)20/h3-6H,2,7H2,1H3,(H,19,20). The van der Waals surface area contributed by atoms with E-state index in [1.165, 1.54) is 31.2 Å². The zero-order valence-electron chi connectivity index (χ0n) is 12.0. The van der Waals surface area contributed by atoms with E-state index in [4.69, 9.17) is 5.11 Å². The van der Waals surface area contributed by atoms with Gasteiger partial charge in [-0.3, -0.25) is 9.59 Å². The lowest BCUT2D eigenvalue weighted by Gasteiger charge is -2.30. The van der Waals surface area contributed by atoms with Crippen LogP contribution in [0.25, 0.3) is 0 Å². The average Bonchev–Trinajstić information content (AvgIpc) is 2.47. The number of carboxylic acids is 1. The smallest absolute Gasteiger partial charge is 0.425 e. The summed E-state index contributed by atoms with van der Waals surface area (Å²) in [5.74, 6) is -2.96. The second-order valence-corrected chi connectivity index (χ2v) is 4.47. The second kappa shape index (κ2) is 6.26. The van der Waals surface area contributed by atoms with Gasteiger partial charge in [-0.25, -0.2) is 19.3 Å². The highest BCUT2D eigenvalue weighted by Gasteiger charge is 2.43. The van der Waals surface area contributed by atoms with Crippen LogP contribution in [0.4, 0.5) is 15.3 Å². The van der Waals surface area contributed by atoms with E-state index in [1.807, 2.05) is 0 Å². The molecule has 23 heavy (non-hydrogen) atoms. The van der Waals surface area contributed by atoms with Crippen LogP contribution in [0.1, 0.15) is 23.7 Å². The van der Waals surface area contributed by atoms with E-state index in [9.17, 15) is 24.0 Å². The number of anilines is 1. The van der Waals surface area contributed by atoms with Crippen molar-refractivity contribution in [3.05, 3.63) is 29.8 Å². The fraction of sp³-hybridized carbons (Fsp3) is 0.214. The van der Waals surface area contributed by atoms with Crippen molar-refractivity contribution >= 4 is 35.6 Å². The van der Waals surface area contributed by atoms with E-state index in [1.54, 1.807) is 0 Å². The number of nitrogens with zero attached hydrogens (tertiary/aromatic N) is 2. The van der Waals surface area contributed by atoms with Crippen LogP contribution < -0.4 is 4.90 Å². The van der Waals surface area contributed by atoms with Crippen LogP contribution in [0.15, 0.2) is 24.3 Å². The van der Waals surface area contributed by atoms with Crippen LogP contribution in [0.5, 0.6) is 0 Å². The van der Waals surface area contributed by atoms with Crippen LogP contribution >= 0.6 is 0 Å². The van der Waals surface area contributed by atoms with Gasteiger partial charge >= 0.3 is 18.1 Å². The van der Waals surface area contributed by atoms with Crippen molar-refractivity contribution in [1.29, 1.82) is 0 Å². The lowest BCUT2D eigenvalue weighted by atomic mass is 10.1. The number of urea groups is 1. The van der Waals surface area contributed by atoms with Crippen LogP contribution in [-0.4, -0.2) is 46.5 Å². The number of amides is 5. The molecule has 1 saturated heterocycles. The number of hydrogen-bond acceptors (Lipinski definition) is 6. The Morgan fingerprint density at radius 3 is 2.26 bits per heavy atom. The fourth-order valence-corrected chi connectivity index (χ4v) is 1.98. The number of hydrogen-bond donors (Lipinski definition) is 1. The molecule has 0 bridgehead atoms. The quantitative estimate of drug-likeness (QED) is 0.831.